The van der Waals surface area contributed by atoms with Gasteiger partial charge in [0, 0.05) is 26.7 Å². The number of rotatable bonds is 3. The second kappa shape index (κ2) is 4.80. The molecular weight excluding hydrogens is 154 g/mol. The molecule has 72 valence electrons. The lowest BCUT2D eigenvalue weighted by Crippen LogP contribution is -2.40. The van der Waals surface area contributed by atoms with Gasteiger partial charge in [-0.1, -0.05) is 0 Å². The maximum atomic E-state index is 9.15. The van der Waals surface area contributed by atoms with Gasteiger partial charge in [0.25, 0.3) is 0 Å². The summed E-state index contributed by atoms with van der Waals surface area (Å²) in [5, 5.41) is 9.15. The van der Waals surface area contributed by atoms with Crippen LogP contribution in [-0.4, -0.2) is 49.0 Å². The maximum absolute atomic E-state index is 9.15. The topological polar surface area (TPSA) is 32.7 Å². The molecule has 12 heavy (non-hydrogen) atoms. The van der Waals surface area contributed by atoms with Gasteiger partial charge >= 0.3 is 0 Å². The molecule has 1 N–H and O–H groups in total. The highest BCUT2D eigenvalue weighted by atomic mass is 16.5. The summed E-state index contributed by atoms with van der Waals surface area (Å²) in [6, 6.07) is 0. The molecule has 1 atom stereocenters. The van der Waals surface area contributed by atoms with Crippen LogP contribution in [0.2, 0.25) is 0 Å². The fourth-order valence-corrected chi connectivity index (χ4v) is 1.70. The number of hydrogen-bond acceptors (Lipinski definition) is 3. The first-order valence-corrected chi connectivity index (χ1v) is 4.65. The summed E-state index contributed by atoms with van der Waals surface area (Å²) in [5.41, 5.74) is 0. The molecule has 0 aromatic carbocycles. The average Bonchev–Trinajstić information content (AvgIpc) is 2.05. The Balaban J connectivity index is 2.17. The summed E-state index contributed by atoms with van der Waals surface area (Å²) < 4.78 is 5.26. The molecule has 0 saturated carbocycles. The van der Waals surface area contributed by atoms with Gasteiger partial charge in [-0.25, -0.2) is 0 Å². The highest BCUT2D eigenvalue weighted by Gasteiger charge is 2.18. The Morgan fingerprint density at radius 1 is 1.50 bits per heavy atom. The van der Waals surface area contributed by atoms with Gasteiger partial charge in [0.05, 0.1) is 12.2 Å². The molecule has 1 fully saturated rings. The molecule has 1 heterocycles. The fourth-order valence-electron chi connectivity index (χ4n) is 1.70. The van der Waals surface area contributed by atoms with Crippen LogP contribution in [0.4, 0.5) is 0 Å². The Morgan fingerprint density at radius 2 is 2.08 bits per heavy atom. The zero-order chi connectivity index (χ0) is 8.97. The highest BCUT2D eigenvalue weighted by Crippen LogP contribution is 2.12. The minimum absolute atomic E-state index is 0.205. The second-order valence-corrected chi connectivity index (χ2v) is 3.58. The van der Waals surface area contributed by atoms with Crippen LogP contribution in [0.1, 0.15) is 19.8 Å². The number of piperidine rings is 1. The summed E-state index contributed by atoms with van der Waals surface area (Å²) in [7, 11) is 1.77. The lowest BCUT2D eigenvalue weighted by molar-refractivity contribution is 0.0272. The largest absolute Gasteiger partial charge is 0.392 e. The molecule has 1 rings (SSSR count). The summed E-state index contributed by atoms with van der Waals surface area (Å²) in [5.74, 6) is 0. The van der Waals surface area contributed by atoms with Gasteiger partial charge in [-0.3, -0.25) is 0 Å². The third-order valence-corrected chi connectivity index (χ3v) is 2.39. The van der Waals surface area contributed by atoms with E-state index in [9.17, 15) is 0 Å². The van der Waals surface area contributed by atoms with Gasteiger partial charge in [0.1, 0.15) is 0 Å². The first kappa shape index (κ1) is 9.96. The van der Waals surface area contributed by atoms with Gasteiger partial charge in [0.15, 0.2) is 0 Å². The Kier molecular flexibility index (Phi) is 3.98. The van der Waals surface area contributed by atoms with Crippen molar-refractivity contribution in [2.24, 2.45) is 0 Å². The first-order valence-electron chi connectivity index (χ1n) is 4.65. The van der Waals surface area contributed by atoms with Crippen molar-refractivity contribution < 1.29 is 9.84 Å². The molecule has 1 aliphatic heterocycles. The predicted molar refractivity (Wildman–Crippen MR) is 48.2 cm³/mol. The molecule has 0 spiro atoms. The van der Waals surface area contributed by atoms with Crippen molar-refractivity contribution in [3.63, 3.8) is 0 Å². The molecule has 0 bridgehead atoms. The van der Waals surface area contributed by atoms with Crippen molar-refractivity contribution in [2.45, 2.75) is 32.0 Å². The van der Waals surface area contributed by atoms with Crippen LogP contribution in [-0.2, 0) is 4.74 Å². The van der Waals surface area contributed by atoms with E-state index in [1.54, 1.807) is 7.11 Å². The van der Waals surface area contributed by atoms with E-state index in [0.717, 1.165) is 32.5 Å². The van der Waals surface area contributed by atoms with E-state index in [1.165, 1.54) is 0 Å². The van der Waals surface area contributed by atoms with Crippen LogP contribution in [0.5, 0.6) is 0 Å². The van der Waals surface area contributed by atoms with Crippen molar-refractivity contribution in [3.8, 4) is 0 Å². The standard InChI is InChI=1S/C9H19NO2/c1-8(11)7-10-5-3-9(12-2)4-6-10/h8-9,11H,3-7H2,1-2H3/t8-/m0/s1. The average molecular weight is 173 g/mol. The van der Waals surface area contributed by atoms with Crippen molar-refractivity contribution >= 4 is 0 Å². The number of β-amino-alcohol motifs (C(OH)–C–C–N with tert-alkyl or cyclic N) is 1. The third-order valence-electron chi connectivity index (χ3n) is 2.39. The fraction of sp³-hybridized carbons (Fsp3) is 1.00. The van der Waals surface area contributed by atoms with E-state index >= 15 is 0 Å². The highest BCUT2D eigenvalue weighted by molar-refractivity contribution is 4.73. The zero-order valence-electron chi connectivity index (χ0n) is 7.99. The molecule has 0 aliphatic carbocycles. The number of ether oxygens (including phenoxy) is 1. The number of aliphatic hydroxyl groups excluding tert-OH is 1. The third kappa shape index (κ3) is 3.09. The monoisotopic (exact) mass is 173 g/mol. The lowest BCUT2D eigenvalue weighted by Gasteiger charge is -2.31. The van der Waals surface area contributed by atoms with Crippen LogP contribution in [0.25, 0.3) is 0 Å². The van der Waals surface area contributed by atoms with Crippen LogP contribution >= 0.6 is 0 Å². The normalized spacial score (nSPS) is 24.2. The summed E-state index contributed by atoms with van der Waals surface area (Å²) in [4.78, 5) is 2.29. The number of methoxy groups -OCH3 is 1. The van der Waals surface area contributed by atoms with Crippen molar-refractivity contribution in [1.82, 2.24) is 4.90 Å². The number of hydrogen-bond donors (Lipinski definition) is 1. The molecule has 3 heteroatoms. The lowest BCUT2D eigenvalue weighted by atomic mass is 10.1. The van der Waals surface area contributed by atoms with Gasteiger partial charge < -0.3 is 14.7 Å². The van der Waals surface area contributed by atoms with E-state index in [-0.39, 0.29) is 6.10 Å². The quantitative estimate of drug-likeness (QED) is 0.673. The van der Waals surface area contributed by atoms with E-state index < -0.39 is 0 Å². The van der Waals surface area contributed by atoms with Gasteiger partial charge in [0.2, 0.25) is 0 Å². The van der Waals surface area contributed by atoms with Crippen LogP contribution in [0, 0.1) is 0 Å². The smallest absolute Gasteiger partial charge is 0.0639 e. The van der Waals surface area contributed by atoms with E-state index in [4.69, 9.17) is 9.84 Å². The maximum Gasteiger partial charge on any atom is 0.0639 e. The Morgan fingerprint density at radius 3 is 2.50 bits per heavy atom. The summed E-state index contributed by atoms with van der Waals surface area (Å²) >= 11 is 0. The zero-order valence-corrected chi connectivity index (χ0v) is 7.99. The molecule has 0 aromatic heterocycles. The molecule has 1 aliphatic rings. The Bertz CT molecular complexity index is 120. The molecular formula is C9H19NO2. The molecule has 0 radical (unpaired) electrons. The van der Waals surface area contributed by atoms with Gasteiger partial charge in [-0.2, -0.15) is 0 Å². The summed E-state index contributed by atoms with van der Waals surface area (Å²) in [6.07, 6.45) is 2.44. The number of nitrogens with zero attached hydrogens (tertiary/aromatic N) is 1. The first-order chi connectivity index (χ1) is 5.72. The van der Waals surface area contributed by atoms with Crippen molar-refractivity contribution in [3.05, 3.63) is 0 Å². The van der Waals surface area contributed by atoms with E-state index in [0.29, 0.717) is 6.10 Å². The van der Waals surface area contributed by atoms with E-state index in [1.807, 2.05) is 6.92 Å². The van der Waals surface area contributed by atoms with Gasteiger partial charge in [-0.05, 0) is 19.8 Å². The molecule has 1 saturated heterocycles. The minimum Gasteiger partial charge on any atom is -0.392 e. The molecule has 0 amide bonds. The SMILES string of the molecule is COC1CCN(C[C@H](C)O)CC1. The van der Waals surface area contributed by atoms with Crippen molar-refractivity contribution in [1.29, 1.82) is 0 Å². The van der Waals surface area contributed by atoms with Crippen LogP contribution < -0.4 is 0 Å². The van der Waals surface area contributed by atoms with Crippen LogP contribution in [0.15, 0.2) is 0 Å². The van der Waals surface area contributed by atoms with Crippen LogP contribution in [0.3, 0.4) is 0 Å². The predicted octanol–water partition coefficient (Wildman–Crippen LogP) is 0.478. The number of aliphatic hydroxyl groups is 1. The summed E-state index contributed by atoms with van der Waals surface area (Å²) in [6.45, 7) is 4.76. The number of likely N-dealkylation sites (tertiary alicyclic amines) is 1. The Labute approximate surface area is 74.3 Å². The molecule has 3 nitrogen and oxygen atoms in total. The second-order valence-electron chi connectivity index (χ2n) is 3.58. The van der Waals surface area contributed by atoms with Crippen molar-refractivity contribution in [2.75, 3.05) is 26.7 Å². The minimum atomic E-state index is -0.205. The Hall–Kier alpha value is -0.120. The van der Waals surface area contributed by atoms with Gasteiger partial charge in [-0.15, -0.1) is 0 Å². The molecule has 0 unspecified atom stereocenters. The molecule has 0 aromatic rings. The van der Waals surface area contributed by atoms with E-state index in [2.05, 4.69) is 4.90 Å².